The quantitative estimate of drug-likeness (QED) is 0.816. The summed E-state index contributed by atoms with van der Waals surface area (Å²) in [5.74, 6) is -0.223. The van der Waals surface area contributed by atoms with Crippen LogP contribution in [0.5, 0.6) is 0 Å². The van der Waals surface area contributed by atoms with Crippen molar-refractivity contribution in [2.45, 2.75) is 18.3 Å². The van der Waals surface area contributed by atoms with E-state index >= 15 is 0 Å². The number of carbonyl (C=O) groups is 3. The molecule has 0 radical (unpaired) electrons. The number of carbonyl (C=O) groups excluding carboxylic acids is 3. The summed E-state index contributed by atoms with van der Waals surface area (Å²) in [5, 5.41) is 2.01. The second kappa shape index (κ2) is 6.66. The Labute approximate surface area is 126 Å². The van der Waals surface area contributed by atoms with Gasteiger partial charge in [-0.25, -0.2) is 4.79 Å². The van der Waals surface area contributed by atoms with Crippen LogP contribution in [-0.4, -0.2) is 48.1 Å². The summed E-state index contributed by atoms with van der Waals surface area (Å²) in [4.78, 5) is 36.4. The molecule has 0 bridgehead atoms. The summed E-state index contributed by atoms with van der Waals surface area (Å²) in [7, 11) is 1.45. The van der Waals surface area contributed by atoms with Crippen molar-refractivity contribution < 1.29 is 23.5 Å². The van der Waals surface area contributed by atoms with E-state index in [1.165, 1.54) is 36.9 Å². The number of furan rings is 1. The summed E-state index contributed by atoms with van der Waals surface area (Å²) in [6.07, 6.45) is 1.52. The van der Waals surface area contributed by atoms with Crippen molar-refractivity contribution in [3.63, 3.8) is 0 Å². The fourth-order valence-corrected chi connectivity index (χ4v) is 3.44. The lowest BCUT2D eigenvalue weighted by atomic mass is 10.2. The lowest BCUT2D eigenvalue weighted by Gasteiger charge is -2.25. The summed E-state index contributed by atoms with van der Waals surface area (Å²) >= 11 is 1.42. The first-order valence-electron chi connectivity index (χ1n) is 6.35. The van der Waals surface area contributed by atoms with Crippen LogP contribution in [-0.2, 0) is 19.1 Å². The number of hydrogen-bond donors (Lipinski definition) is 1. The van der Waals surface area contributed by atoms with Crippen LogP contribution in [0.4, 0.5) is 0 Å². The maximum absolute atomic E-state index is 12.1. The maximum Gasteiger partial charge on any atom is 0.330 e. The molecule has 7 nitrogen and oxygen atoms in total. The Morgan fingerprint density at radius 1 is 1.52 bits per heavy atom. The van der Waals surface area contributed by atoms with E-state index in [1.54, 1.807) is 12.1 Å². The Morgan fingerprint density at radius 3 is 2.86 bits per heavy atom. The predicted octanol–water partition coefficient (Wildman–Crippen LogP) is 0.531. The molecule has 0 spiro atoms. The molecule has 0 unspecified atom stereocenters. The Kier molecular flexibility index (Phi) is 4.89. The third-order valence-corrected chi connectivity index (χ3v) is 4.33. The van der Waals surface area contributed by atoms with Gasteiger partial charge in [0.05, 0.1) is 6.26 Å². The van der Waals surface area contributed by atoms with Gasteiger partial charge in [0.15, 0.2) is 6.61 Å². The number of likely N-dealkylation sites (N-methyl/N-ethyl adjacent to an activating group) is 1. The number of nitrogens with zero attached hydrogens (tertiary/aromatic N) is 1. The van der Waals surface area contributed by atoms with Crippen LogP contribution >= 0.6 is 11.8 Å². The largest absolute Gasteiger partial charge is 0.466 e. The molecule has 8 heteroatoms. The second-order valence-corrected chi connectivity index (χ2v) is 5.54. The number of thioether (sulfide) groups is 1. The van der Waals surface area contributed by atoms with Gasteiger partial charge in [-0.15, -0.1) is 11.8 Å². The molecule has 0 aromatic carbocycles. The molecule has 21 heavy (non-hydrogen) atoms. The molecule has 1 aromatic heterocycles. The fourth-order valence-electron chi connectivity index (χ4n) is 2.03. The minimum atomic E-state index is -0.716. The molecule has 2 heterocycles. The van der Waals surface area contributed by atoms with Gasteiger partial charge in [-0.05, 0) is 12.1 Å². The van der Waals surface area contributed by atoms with Crippen molar-refractivity contribution in [1.82, 2.24) is 10.2 Å². The van der Waals surface area contributed by atoms with Gasteiger partial charge >= 0.3 is 5.97 Å². The SMILES string of the molecule is CNC(=O)COC(=O)[C@H]1CS[C@@H](c2ccco2)N1C(C)=O. The minimum absolute atomic E-state index is 0.247. The van der Waals surface area contributed by atoms with Crippen LogP contribution in [0.1, 0.15) is 18.1 Å². The van der Waals surface area contributed by atoms with Gasteiger partial charge in [-0.3, -0.25) is 9.59 Å². The molecule has 2 rings (SSSR count). The smallest absolute Gasteiger partial charge is 0.330 e. The van der Waals surface area contributed by atoms with Crippen molar-refractivity contribution in [3.05, 3.63) is 24.2 Å². The molecular formula is C13H16N2O5S. The Hall–Kier alpha value is -1.96. The van der Waals surface area contributed by atoms with Crippen molar-refractivity contribution in [1.29, 1.82) is 0 Å². The third kappa shape index (κ3) is 3.38. The standard InChI is InChI=1S/C13H16N2O5S/c1-8(16)15-9(13(18)20-6-11(17)14-2)7-21-12(15)10-4-3-5-19-10/h3-5,9,12H,6-7H2,1-2H3,(H,14,17)/t9-,12+/m1/s1. The summed E-state index contributed by atoms with van der Waals surface area (Å²) in [5.41, 5.74) is 0. The molecule has 1 fully saturated rings. The van der Waals surface area contributed by atoms with Crippen LogP contribution in [0, 0.1) is 0 Å². The van der Waals surface area contributed by atoms with Gasteiger partial charge in [0.2, 0.25) is 5.91 Å². The zero-order valence-corrected chi connectivity index (χ0v) is 12.5. The average Bonchev–Trinajstić information content (AvgIpc) is 3.11. The first-order chi connectivity index (χ1) is 10.0. The molecule has 114 valence electrons. The van der Waals surface area contributed by atoms with Gasteiger partial charge in [0, 0.05) is 19.7 Å². The topological polar surface area (TPSA) is 88.8 Å². The van der Waals surface area contributed by atoms with Crippen LogP contribution in [0.3, 0.4) is 0 Å². The molecule has 1 saturated heterocycles. The van der Waals surface area contributed by atoms with Crippen LogP contribution in [0.2, 0.25) is 0 Å². The van der Waals surface area contributed by atoms with Gasteiger partial charge in [-0.1, -0.05) is 0 Å². The van der Waals surface area contributed by atoms with Gasteiger partial charge in [0.1, 0.15) is 17.2 Å². The van der Waals surface area contributed by atoms with Crippen molar-refractivity contribution in [3.8, 4) is 0 Å². The van der Waals surface area contributed by atoms with Gasteiger partial charge < -0.3 is 19.4 Å². The van der Waals surface area contributed by atoms with Crippen LogP contribution in [0.25, 0.3) is 0 Å². The second-order valence-electron chi connectivity index (χ2n) is 4.42. The number of nitrogens with one attached hydrogen (secondary N) is 1. The lowest BCUT2D eigenvalue weighted by Crippen LogP contribution is -2.43. The highest BCUT2D eigenvalue weighted by Crippen LogP contribution is 2.41. The molecule has 2 atom stereocenters. The first-order valence-corrected chi connectivity index (χ1v) is 7.40. The van der Waals surface area contributed by atoms with Crippen molar-refractivity contribution in [2.24, 2.45) is 0 Å². The monoisotopic (exact) mass is 312 g/mol. The number of esters is 1. The zero-order chi connectivity index (χ0) is 15.4. The molecule has 1 N–H and O–H groups in total. The summed E-state index contributed by atoms with van der Waals surface area (Å²) < 4.78 is 10.2. The molecule has 2 amide bonds. The van der Waals surface area contributed by atoms with E-state index in [0.29, 0.717) is 11.5 Å². The average molecular weight is 312 g/mol. The predicted molar refractivity (Wildman–Crippen MR) is 75.2 cm³/mol. The number of hydrogen-bond acceptors (Lipinski definition) is 6. The lowest BCUT2D eigenvalue weighted by molar-refractivity contribution is -0.156. The number of ether oxygens (including phenoxy) is 1. The van der Waals surface area contributed by atoms with Crippen molar-refractivity contribution >= 4 is 29.5 Å². The number of amides is 2. The Balaban J connectivity index is 2.07. The highest BCUT2D eigenvalue weighted by atomic mass is 32.2. The number of rotatable bonds is 4. The van der Waals surface area contributed by atoms with Gasteiger partial charge in [0.25, 0.3) is 5.91 Å². The van der Waals surface area contributed by atoms with E-state index in [1.807, 2.05) is 0 Å². The molecule has 1 aromatic rings. The van der Waals surface area contributed by atoms with E-state index in [4.69, 9.17) is 9.15 Å². The van der Waals surface area contributed by atoms with E-state index in [9.17, 15) is 14.4 Å². The van der Waals surface area contributed by atoms with Crippen molar-refractivity contribution in [2.75, 3.05) is 19.4 Å². The molecule has 0 aliphatic carbocycles. The highest BCUT2D eigenvalue weighted by Gasteiger charge is 2.43. The first kappa shape index (κ1) is 15.4. The Bertz CT molecular complexity index is 531. The van der Waals surface area contributed by atoms with E-state index < -0.39 is 17.9 Å². The maximum atomic E-state index is 12.1. The van der Waals surface area contributed by atoms with E-state index in [0.717, 1.165) is 0 Å². The summed E-state index contributed by atoms with van der Waals surface area (Å²) in [6, 6.07) is 2.77. The molecular weight excluding hydrogens is 296 g/mol. The minimum Gasteiger partial charge on any atom is -0.466 e. The zero-order valence-electron chi connectivity index (χ0n) is 11.7. The third-order valence-electron chi connectivity index (χ3n) is 3.05. The fraction of sp³-hybridized carbons (Fsp3) is 0.462. The van der Waals surface area contributed by atoms with Gasteiger partial charge in [-0.2, -0.15) is 0 Å². The van der Waals surface area contributed by atoms with E-state index in [2.05, 4.69) is 5.32 Å². The Morgan fingerprint density at radius 2 is 2.29 bits per heavy atom. The summed E-state index contributed by atoms with van der Waals surface area (Å²) in [6.45, 7) is 1.04. The normalized spacial score (nSPS) is 21.1. The molecule has 1 aliphatic rings. The van der Waals surface area contributed by atoms with E-state index in [-0.39, 0.29) is 17.9 Å². The van der Waals surface area contributed by atoms with Crippen LogP contribution in [0.15, 0.2) is 22.8 Å². The molecule has 0 saturated carbocycles. The molecule has 1 aliphatic heterocycles. The van der Waals surface area contributed by atoms with Crippen LogP contribution < -0.4 is 5.32 Å². The highest BCUT2D eigenvalue weighted by molar-refractivity contribution is 7.99.